The van der Waals surface area contributed by atoms with E-state index in [1.165, 1.54) is 42.1 Å². The van der Waals surface area contributed by atoms with Crippen molar-refractivity contribution < 1.29 is 33.1 Å². The first-order valence-corrected chi connectivity index (χ1v) is 10.5. The number of carbonyl (C=O) groups is 1. The maximum Gasteiger partial charge on any atom is 0.488 e. The van der Waals surface area contributed by atoms with Crippen molar-refractivity contribution in [1.29, 1.82) is 0 Å². The Morgan fingerprint density at radius 3 is 2.33 bits per heavy atom. The van der Waals surface area contributed by atoms with Crippen LogP contribution in [0, 0.1) is 24.4 Å². The summed E-state index contributed by atoms with van der Waals surface area (Å²) in [4.78, 5) is 11.1. The van der Waals surface area contributed by atoms with Gasteiger partial charge in [-0.05, 0) is 48.3 Å². The van der Waals surface area contributed by atoms with Crippen LogP contribution in [0.5, 0.6) is 0 Å². The summed E-state index contributed by atoms with van der Waals surface area (Å²) in [6, 6.07) is 12.8. The van der Waals surface area contributed by atoms with Crippen LogP contribution in [0.4, 0.5) is 18.9 Å². The van der Waals surface area contributed by atoms with E-state index in [1.807, 2.05) is 0 Å². The number of nitrogens with one attached hydrogen (secondary N) is 1. The molecule has 0 fully saturated rings. The van der Waals surface area contributed by atoms with Crippen LogP contribution in [-0.2, 0) is 0 Å². The molecular formula is C24H18BF3N4O4. The summed E-state index contributed by atoms with van der Waals surface area (Å²) in [5.41, 5.74) is 3.53. The average Bonchev–Trinajstić information content (AvgIpc) is 3.29. The van der Waals surface area contributed by atoms with E-state index in [9.17, 15) is 28.0 Å². The Bertz CT molecular complexity index is 1430. The number of hydrogen-bond donors (Lipinski definition) is 4. The monoisotopic (exact) mass is 494 g/mol. The van der Waals surface area contributed by atoms with E-state index >= 15 is 0 Å². The van der Waals surface area contributed by atoms with Gasteiger partial charge in [0.2, 0.25) is 0 Å². The molecule has 0 unspecified atom stereocenters. The van der Waals surface area contributed by atoms with Gasteiger partial charge in [-0.2, -0.15) is 10.2 Å². The van der Waals surface area contributed by atoms with E-state index in [2.05, 4.69) is 15.6 Å². The molecule has 0 spiro atoms. The van der Waals surface area contributed by atoms with Crippen LogP contribution in [0.15, 0.2) is 65.9 Å². The van der Waals surface area contributed by atoms with Gasteiger partial charge in [-0.1, -0.05) is 24.3 Å². The third-order valence-electron chi connectivity index (χ3n) is 5.32. The molecule has 36 heavy (non-hydrogen) atoms. The fraction of sp³-hybridized carbons (Fsp3) is 0.0417. The summed E-state index contributed by atoms with van der Waals surface area (Å²) in [5.74, 6) is -4.71. The highest BCUT2D eigenvalue weighted by Gasteiger charge is 2.17. The van der Waals surface area contributed by atoms with E-state index in [0.717, 1.165) is 6.07 Å². The summed E-state index contributed by atoms with van der Waals surface area (Å²) < 4.78 is 43.5. The first kappa shape index (κ1) is 24.7. The number of carboxylic acid groups (broad SMARTS) is 1. The van der Waals surface area contributed by atoms with Crippen LogP contribution < -0.4 is 10.9 Å². The minimum Gasteiger partial charge on any atom is -0.478 e. The minimum absolute atomic E-state index is 0.0877. The Hall–Kier alpha value is -4.42. The standard InChI is InChI=1S/C24H18BF3N4O4/c1-13-10-19(26)21(28)23(20(13)27)30-29-11-16-12-32(18-8-4-15(5-9-18)24(33)34)31-22(16)14-2-6-17(7-3-14)25(35)36/h2-12,30,35-36H,1H3,(H,33,34)/b29-11+. The molecule has 0 aliphatic carbocycles. The second-order valence-electron chi connectivity index (χ2n) is 7.77. The molecule has 0 amide bonds. The van der Waals surface area contributed by atoms with Crippen LogP contribution in [0.1, 0.15) is 21.5 Å². The number of aromatic carboxylic acids is 1. The fourth-order valence-corrected chi connectivity index (χ4v) is 3.40. The molecule has 0 atom stereocenters. The van der Waals surface area contributed by atoms with Gasteiger partial charge < -0.3 is 15.2 Å². The fourth-order valence-electron chi connectivity index (χ4n) is 3.40. The molecule has 4 aromatic rings. The summed E-state index contributed by atoms with van der Waals surface area (Å²) in [6.07, 6.45) is 2.78. The van der Waals surface area contributed by atoms with E-state index in [1.54, 1.807) is 30.5 Å². The highest BCUT2D eigenvalue weighted by Crippen LogP contribution is 2.25. The molecular weight excluding hydrogens is 476 g/mol. The van der Waals surface area contributed by atoms with Gasteiger partial charge in [0.25, 0.3) is 0 Å². The van der Waals surface area contributed by atoms with Crippen molar-refractivity contribution >= 4 is 30.5 Å². The smallest absolute Gasteiger partial charge is 0.478 e. The van der Waals surface area contributed by atoms with Crippen LogP contribution in [0.3, 0.4) is 0 Å². The van der Waals surface area contributed by atoms with Crippen molar-refractivity contribution in [3.63, 3.8) is 0 Å². The van der Waals surface area contributed by atoms with Crippen molar-refractivity contribution in [2.75, 3.05) is 5.43 Å². The SMILES string of the molecule is Cc1cc(F)c(F)c(N/N=C/c2cn(-c3ccc(C(=O)O)cc3)nc2-c2ccc(B(O)O)cc2)c1F. The zero-order chi connectivity index (χ0) is 26.0. The van der Waals surface area contributed by atoms with Gasteiger partial charge in [0.1, 0.15) is 11.4 Å². The van der Waals surface area contributed by atoms with Crippen molar-refractivity contribution in [3.05, 3.63) is 94.9 Å². The van der Waals surface area contributed by atoms with Gasteiger partial charge in [-0.15, -0.1) is 0 Å². The number of nitrogens with zero attached hydrogens (tertiary/aromatic N) is 3. The van der Waals surface area contributed by atoms with Crippen LogP contribution in [-0.4, -0.2) is 44.2 Å². The van der Waals surface area contributed by atoms with Gasteiger partial charge in [-0.25, -0.2) is 22.6 Å². The molecule has 0 radical (unpaired) electrons. The Labute approximate surface area is 203 Å². The predicted octanol–water partition coefficient (Wildman–Crippen LogP) is 3.09. The van der Waals surface area contributed by atoms with E-state index in [-0.39, 0.29) is 16.6 Å². The van der Waals surface area contributed by atoms with Gasteiger partial charge in [0.15, 0.2) is 17.5 Å². The van der Waals surface area contributed by atoms with Gasteiger partial charge in [0.05, 0.1) is 17.5 Å². The second kappa shape index (κ2) is 10.1. The number of hydrogen-bond acceptors (Lipinski definition) is 6. The first-order valence-electron chi connectivity index (χ1n) is 10.5. The maximum absolute atomic E-state index is 14.3. The molecule has 0 bridgehead atoms. The Morgan fingerprint density at radius 2 is 1.72 bits per heavy atom. The molecule has 0 saturated carbocycles. The van der Waals surface area contributed by atoms with Crippen molar-refractivity contribution in [2.24, 2.45) is 5.10 Å². The lowest BCUT2D eigenvalue weighted by atomic mass is 9.80. The topological polar surface area (TPSA) is 120 Å². The van der Waals surface area contributed by atoms with Crippen LogP contribution in [0.25, 0.3) is 16.9 Å². The summed E-state index contributed by atoms with van der Waals surface area (Å²) in [6.45, 7) is 1.29. The largest absolute Gasteiger partial charge is 0.488 e. The van der Waals surface area contributed by atoms with Gasteiger partial charge >= 0.3 is 13.1 Å². The molecule has 4 rings (SSSR count). The molecule has 0 aliphatic heterocycles. The average molecular weight is 494 g/mol. The third kappa shape index (κ3) is 4.99. The van der Waals surface area contributed by atoms with Crippen molar-refractivity contribution in [2.45, 2.75) is 6.92 Å². The van der Waals surface area contributed by atoms with Gasteiger partial charge in [0, 0.05) is 17.3 Å². The minimum atomic E-state index is -1.66. The number of carboxylic acids is 1. The lowest BCUT2D eigenvalue weighted by molar-refractivity contribution is 0.0697. The molecule has 1 aromatic heterocycles. The van der Waals surface area contributed by atoms with Gasteiger partial charge in [-0.3, -0.25) is 5.43 Å². The van der Waals surface area contributed by atoms with Crippen LogP contribution in [0.2, 0.25) is 0 Å². The molecule has 1 heterocycles. The number of hydrazone groups is 1. The predicted molar refractivity (Wildman–Crippen MR) is 128 cm³/mol. The Kier molecular flexibility index (Phi) is 6.90. The summed E-state index contributed by atoms with van der Waals surface area (Å²) in [7, 11) is -1.66. The zero-order valence-electron chi connectivity index (χ0n) is 18.7. The lowest BCUT2D eigenvalue weighted by Gasteiger charge is -2.07. The van der Waals surface area contributed by atoms with E-state index < -0.39 is 36.2 Å². The normalized spacial score (nSPS) is 11.2. The molecule has 3 aromatic carbocycles. The number of rotatable bonds is 7. The Balaban J connectivity index is 1.73. The Morgan fingerprint density at radius 1 is 1.06 bits per heavy atom. The second-order valence-corrected chi connectivity index (χ2v) is 7.77. The van der Waals surface area contributed by atoms with E-state index in [4.69, 9.17) is 5.11 Å². The van der Waals surface area contributed by atoms with E-state index in [0.29, 0.717) is 22.5 Å². The van der Waals surface area contributed by atoms with Crippen molar-refractivity contribution in [1.82, 2.24) is 9.78 Å². The highest BCUT2D eigenvalue weighted by molar-refractivity contribution is 6.58. The molecule has 0 saturated heterocycles. The number of anilines is 1. The first-order chi connectivity index (χ1) is 17.2. The third-order valence-corrected chi connectivity index (χ3v) is 5.32. The molecule has 8 nitrogen and oxygen atoms in total. The van der Waals surface area contributed by atoms with Crippen molar-refractivity contribution in [3.8, 4) is 16.9 Å². The molecule has 0 aliphatic rings. The number of halogens is 3. The molecule has 182 valence electrons. The quantitative estimate of drug-likeness (QED) is 0.136. The lowest BCUT2D eigenvalue weighted by Crippen LogP contribution is -2.29. The number of aryl methyl sites for hydroxylation is 1. The maximum atomic E-state index is 14.3. The number of aromatic nitrogens is 2. The van der Waals surface area contributed by atoms with Crippen LogP contribution >= 0.6 is 0 Å². The molecule has 4 N–H and O–H groups in total. The zero-order valence-corrected chi connectivity index (χ0v) is 18.7. The highest BCUT2D eigenvalue weighted by atomic mass is 19.2. The number of benzene rings is 3. The summed E-state index contributed by atoms with van der Waals surface area (Å²) >= 11 is 0. The summed E-state index contributed by atoms with van der Waals surface area (Å²) in [5, 5.41) is 36.2. The molecule has 12 heteroatoms.